The first-order valence-corrected chi connectivity index (χ1v) is 7.81. The minimum Gasteiger partial charge on any atom is -0.444 e. The van der Waals surface area contributed by atoms with Gasteiger partial charge in [0, 0.05) is 19.6 Å². The number of hydrogen-bond acceptors (Lipinski definition) is 4. The average molecular weight is 296 g/mol. The molecule has 0 saturated carbocycles. The number of nitrogens with zero attached hydrogens (tertiary/aromatic N) is 2. The molecule has 5 heteroatoms. The molecule has 1 rings (SSSR count). The maximum absolute atomic E-state index is 12.2. The fourth-order valence-corrected chi connectivity index (χ4v) is 2.53. The van der Waals surface area contributed by atoms with E-state index in [1.807, 2.05) is 20.8 Å². The van der Waals surface area contributed by atoms with Crippen molar-refractivity contribution < 1.29 is 14.3 Å². The van der Waals surface area contributed by atoms with E-state index in [9.17, 15) is 4.79 Å². The lowest BCUT2D eigenvalue weighted by Crippen LogP contribution is -2.52. The van der Waals surface area contributed by atoms with Crippen LogP contribution >= 0.6 is 0 Å². The predicted molar refractivity (Wildman–Crippen MR) is 80.9 cm³/mol. The van der Waals surface area contributed by atoms with Crippen LogP contribution in [0.4, 0.5) is 4.79 Å². The third kappa shape index (κ3) is 5.92. The number of unbranched alkanes of at least 4 members (excludes halogenated alkanes) is 1. The summed E-state index contributed by atoms with van der Waals surface area (Å²) in [6.07, 6.45) is 3.72. The maximum Gasteiger partial charge on any atom is 0.410 e. The van der Waals surface area contributed by atoms with Crippen molar-refractivity contribution in [3.63, 3.8) is 0 Å². The zero-order valence-electron chi connectivity index (χ0n) is 13.8. The molecule has 1 amide bonds. The van der Waals surface area contributed by atoms with E-state index in [-0.39, 0.29) is 11.7 Å². The minimum absolute atomic E-state index is 0.263. The summed E-state index contributed by atoms with van der Waals surface area (Å²) in [4.78, 5) is 14.0. The molecular formula is C16H28N2O3. The van der Waals surface area contributed by atoms with E-state index in [0.717, 1.165) is 32.2 Å². The van der Waals surface area contributed by atoms with Crippen LogP contribution in [-0.4, -0.2) is 41.9 Å². The van der Waals surface area contributed by atoms with Crippen LogP contribution in [0.25, 0.3) is 0 Å². The van der Waals surface area contributed by atoms with Gasteiger partial charge in [0.1, 0.15) is 5.60 Å². The first-order valence-electron chi connectivity index (χ1n) is 7.81. The summed E-state index contributed by atoms with van der Waals surface area (Å²) in [7, 11) is 0. The van der Waals surface area contributed by atoms with E-state index in [1.165, 1.54) is 0 Å². The van der Waals surface area contributed by atoms with Gasteiger partial charge >= 0.3 is 6.09 Å². The van der Waals surface area contributed by atoms with Crippen LogP contribution in [0.5, 0.6) is 0 Å². The van der Waals surface area contributed by atoms with Gasteiger partial charge in [-0.1, -0.05) is 6.92 Å². The van der Waals surface area contributed by atoms with Crippen molar-refractivity contribution in [2.45, 2.75) is 71.0 Å². The molecular weight excluding hydrogens is 268 g/mol. The van der Waals surface area contributed by atoms with Crippen LogP contribution in [0.15, 0.2) is 0 Å². The van der Waals surface area contributed by atoms with Gasteiger partial charge in [0.15, 0.2) is 0 Å². The standard InChI is InChI=1S/C16H28N2O3/c1-5-16(20-12-7-6-10-17)9-8-11-18(13-16)14(19)21-15(2,3)4/h5-9,11-13H2,1-4H3. The number of likely N-dealkylation sites (tertiary alicyclic amines) is 1. The summed E-state index contributed by atoms with van der Waals surface area (Å²) < 4.78 is 11.5. The maximum atomic E-state index is 12.2. The van der Waals surface area contributed by atoms with Crippen molar-refractivity contribution in [2.75, 3.05) is 19.7 Å². The van der Waals surface area contributed by atoms with Gasteiger partial charge in [-0.25, -0.2) is 4.79 Å². The topological polar surface area (TPSA) is 62.6 Å². The van der Waals surface area contributed by atoms with Crippen LogP contribution in [0.1, 0.15) is 59.8 Å². The summed E-state index contributed by atoms with van der Waals surface area (Å²) in [5.41, 5.74) is -0.762. The van der Waals surface area contributed by atoms with Gasteiger partial charge in [-0.2, -0.15) is 5.26 Å². The molecule has 0 spiro atoms. The summed E-state index contributed by atoms with van der Waals surface area (Å²) >= 11 is 0. The Labute approximate surface area is 128 Å². The Hall–Kier alpha value is -1.28. The van der Waals surface area contributed by atoms with Crippen molar-refractivity contribution in [1.29, 1.82) is 5.26 Å². The Kier molecular flexibility index (Phi) is 6.47. The van der Waals surface area contributed by atoms with Crippen molar-refractivity contribution in [3.05, 3.63) is 0 Å². The molecule has 1 saturated heterocycles. The van der Waals surface area contributed by atoms with E-state index in [1.54, 1.807) is 4.90 Å². The van der Waals surface area contributed by atoms with Gasteiger partial charge < -0.3 is 14.4 Å². The first-order chi connectivity index (χ1) is 9.82. The van der Waals surface area contributed by atoms with E-state index >= 15 is 0 Å². The fraction of sp³-hybridized carbons (Fsp3) is 0.875. The van der Waals surface area contributed by atoms with E-state index < -0.39 is 5.60 Å². The monoisotopic (exact) mass is 296 g/mol. The lowest BCUT2D eigenvalue weighted by molar-refractivity contribution is -0.0935. The first kappa shape index (κ1) is 17.8. The molecule has 5 nitrogen and oxygen atoms in total. The van der Waals surface area contributed by atoms with Crippen LogP contribution in [0, 0.1) is 11.3 Å². The largest absolute Gasteiger partial charge is 0.444 e. The quantitative estimate of drug-likeness (QED) is 0.729. The second kappa shape index (κ2) is 7.65. The van der Waals surface area contributed by atoms with Gasteiger partial charge in [-0.3, -0.25) is 0 Å². The Morgan fingerprint density at radius 1 is 1.43 bits per heavy atom. The average Bonchev–Trinajstić information content (AvgIpc) is 2.42. The molecule has 0 bridgehead atoms. The van der Waals surface area contributed by atoms with Crippen molar-refractivity contribution in [3.8, 4) is 6.07 Å². The SMILES string of the molecule is CCC1(OCCCC#N)CCCN(C(=O)OC(C)(C)C)C1. The van der Waals surface area contributed by atoms with Gasteiger partial charge in [-0.05, 0) is 46.5 Å². The van der Waals surface area contributed by atoms with Crippen LogP contribution < -0.4 is 0 Å². The van der Waals surface area contributed by atoms with Gasteiger partial charge in [0.2, 0.25) is 0 Å². The van der Waals surface area contributed by atoms with E-state index in [2.05, 4.69) is 13.0 Å². The Morgan fingerprint density at radius 2 is 2.14 bits per heavy atom. The number of carbonyl (C=O) groups excluding carboxylic acids is 1. The summed E-state index contributed by atoms with van der Waals surface area (Å²) in [6, 6.07) is 2.12. The lowest BCUT2D eigenvalue weighted by atomic mass is 9.90. The van der Waals surface area contributed by atoms with Crippen LogP contribution in [0.3, 0.4) is 0 Å². The second-order valence-corrected chi connectivity index (χ2v) is 6.65. The molecule has 1 fully saturated rings. The smallest absolute Gasteiger partial charge is 0.410 e. The molecule has 1 aliphatic heterocycles. The van der Waals surface area contributed by atoms with Gasteiger partial charge in [-0.15, -0.1) is 0 Å². The number of carbonyl (C=O) groups is 1. The molecule has 0 aromatic heterocycles. The number of rotatable bonds is 5. The molecule has 0 N–H and O–H groups in total. The lowest BCUT2D eigenvalue weighted by Gasteiger charge is -2.42. The van der Waals surface area contributed by atoms with E-state index in [0.29, 0.717) is 19.6 Å². The molecule has 0 radical (unpaired) electrons. The fourth-order valence-electron chi connectivity index (χ4n) is 2.53. The second-order valence-electron chi connectivity index (χ2n) is 6.65. The number of piperidine rings is 1. The van der Waals surface area contributed by atoms with Crippen molar-refractivity contribution in [2.24, 2.45) is 0 Å². The highest BCUT2D eigenvalue weighted by Gasteiger charge is 2.37. The summed E-state index contributed by atoms with van der Waals surface area (Å²) in [6.45, 7) is 9.58. The number of amides is 1. The molecule has 0 aromatic carbocycles. The molecule has 21 heavy (non-hydrogen) atoms. The summed E-state index contributed by atoms with van der Waals surface area (Å²) in [5, 5.41) is 8.57. The Morgan fingerprint density at radius 3 is 2.71 bits per heavy atom. The highest BCUT2D eigenvalue weighted by molar-refractivity contribution is 5.68. The highest BCUT2D eigenvalue weighted by atomic mass is 16.6. The molecule has 1 unspecified atom stereocenters. The normalized spacial score (nSPS) is 22.7. The minimum atomic E-state index is -0.475. The molecule has 1 heterocycles. The van der Waals surface area contributed by atoms with Gasteiger partial charge in [0.25, 0.3) is 0 Å². The molecule has 1 atom stereocenters. The number of nitriles is 1. The summed E-state index contributed by atoms with van der Waals surface area (Å²) in [5.74, 6) is 0. The Balaban J connectivity index is 2.59. The van der Waals surface area contributed by atoms with E-state index in [4.69, 9.17) is 14.7 Å². The molecule has 0 aromatic rings. The van der Waals surface area contributed by atoms with Crippen LogP contribution in [-0.2, 0) is 9.47 Å². The Bertz CT molecular complexity index is 384. The predicted octanol–water partition coefficient (Wildman–Crippen LogP) is 3.49. The third-order valence-corrected chi connectivity index (χ3v) is 3.68. The number of hydrogen-bond donors (Lipinski definition) is 0. The molecule has 0 aliphatic carbocycles. The highest BCUT2D eigenvalue weighted by Crippen LogP contribution is 2.29. The zero-order valence-corrected chi connectivity index (χ0v) is 13.8. The van der Waals surface area contributed by atoms with Crippen molar-refractivity contribution >= 4 is 6.09 Å². The van der Waals surface area contributed by atoms with Gasteiger partial charge in [0.05, 0.1) is 18.2 Å². The van der Waals surface area contributed by atoms with Crippen molar-refractivity contribution in [1.82, 2.24) is 4.90 Å². The molecule has 120 valence electrons. The molecule has 1 aliphatic rings. The third-order valence-electron chi connectivity index (χ3n) is 3.68. The zero-order chi connectivity index (χ0) is 15.9. The number of ether oxygens (including phenoxy) is 2. The van der Waals surface area contributed by atoms with Crippen LogP contribution in [0.2, 0.25) is 0 Å².